The first-order valence-electron chi connectivity index (χ1n) is 7.10. The van der Waals surface area contributed by atoms with Gasteiger partial charge in [-0.15, -0.1) is 0 Å². The summed E-state index contributed by atoms with van der Waals surface area (Å²) < 4.78 is 0. The Morgan fingerprint density at radius 2 is 1.68 bits per heavy atom. The summed E-state index contributed by atoms with van der Waals surface area (Å²) in [6, 6.07) is 14.9. The molecule has 1 atom stereocenters. The van der Waals surface area contributed by atoms with Gasteiger partial charge < -0.3 is 10.3 Å². The Balaban J connectivity index is 1.76. The number of H-pyrrole nitrogens is 1. The van der Waals surface area contributed by atoms with Gasteiger partial charge in [0, 0.05) is 16.6 Å². The predicted molar refractivity (Wildman–Crippen MR) is 81.6 cm³/mol. The summed E-state index contributed by atoms with van der Waals surface area (Å²) in [6.07, 6.45) is -0.461. The van der Waals surface area contributed by atoms with Gasteiger partial charge in [0.25, 0.3) is 11.8 Å². The number of hydrogen-bond donors (Lipinski definition) is 2. The molecule has 3 heterocycles. The summed E-state index contributed by atoms with van der Waals surface area (Å²) >= 11 is 0. The summed E-state index contributed by atoms with van der Waals surface area (Å²) in [5.41, 5.74) is 3.55. The minimum Gasteiger partial charge on any atom is -0.359 e. The van der Waals surface area contributed by atoms with E-state index in [-0.39, 0.29) is 11.8 Å². The average molecular weight is 289 g/mol. The summed E-state index contributed by atoms with van der Waals surface area (Å²) in [5, 5.41) is 4.15. The Kier molecular flexibility index (Phi) is 1.98. The fourth-order valence-corrected chi connectivity index (χ4v) is 3.38. The van der Waals surface area contributed by atoms with Gasteiger partial charge in [-0.3, -0.25) is 9.59 Å². The van der Waals surface area contributed by atoms with Crippen LogP contribution in [0.3, 0.4) is 0 Å². The van der Waals surface area contributed by atoms with Crippen molar-refractivity contribution in [2.45, 2.75) is 6.17 Å². The third-order valence-electron chi connectivity index (χ3n) is 4.37. The molecule has 0 saturated heterocycles. The summed E-state index contributed by atoms with van der Waals surface area (Å²) in [4.78, 5) is 30.0. The van der Waals surface area contributed by atoms with Gasteiger partial charge in [0.1, 0.15) is 0 Å². The molecule has 0 radical (unpaired) electrons. The number of aromatic nitrogens is 1. The van der Waals surface area contributed by atoms with Crippen LogP contribution in [0.2, 0.25) is 0 Å². The van der Waals surface area contributed by atoms with Crippen molar-refractivity contribution in [1.82, 2.24) is 9.88 Å². The van der Waals surface area contributed by atoms with Gasteiger partial charge >= 0.3 is 0 Å². The lowest BCUT2D eigenvalue weighted by atomic mass is 10.1. The fraction of sp³-hybridized carbons (Fsp3) is 0.0588. The van der Waals surface area contributed by atoms with E-state index in [0.717, 1.165) is 22.3 Å². The second-order valence-corrected chi connectivity index (χ2v) is 5.53. The fourth-order valence-electron chi connectivity index (χ4n) is 3.38. The lowest BCUT2D eigenvalue weighted by Gasteiger charge is -2.31. The second-order valence-electron chi connectivity index (χ2n) is 5.53. The zero-order valence-electron chi connectivity index (χ0n) is 11.5. The zero-order valence-corrected chi connectivity index (χ0v) is 11.5. The first-order chi connectivity index (χ1) is 10.8. The molecular weight excluding hydrogens is 278 g/mol. The number of nitrogens with one attached hydrogen (secondary N) is 2. The number of imide groups is 1. The highest BCUT2D eigenvalue weighted by molar-refractivity contribution is 6.20. The van der Waals surface area contributed by atoms with Crippen LogP contribution in [0.1, 0.15) is 32.6 Å². The molecule has 0 aliphatic carbocycles. The molecule has 0 fully saturated rings. The van der Waals surface area contributed by atoms with E-state index in [2.05, 4.69) is 10.3 Å². The van der Waals surface area contributed by atoms with Crippen molar-refractivity contribution in [2.75, 3.05) is 5.32 Å². The Morgan fingerprint density at radius 3 is 2.59 bits per heavy atom. The lowest BCUT2D eigenvalue weighted by molar-refractivity contribution is 0.0584. The maximum atomic E-state index is 12.8. The number of rotatable bonds is 0. The molecule has 5 heteroatoms. The van der Waals surface area contributed by atoms with E-state index in [4.69, 9.17) is 0 Å². The molecule has 1 aromatic heterocycles. The molecule has 3 aromatic rings. The minimum atomic E-state index is -0.461. The van der Waals surface area contributed by atoms with Gasteiger partial charge in [-0.1, -0.05) is 30.3 Å². The largest absolute Gasteiger partial charge is 0.359 e. The maximum Gasteiger partial charge on any atom is 0.265 e. The number of anilines is 1. The molecule has 106 valence electrons. The number of carbonyl (C=O) groups excluding carboxylic acids is 2. The van der Waals surface area contributed by atoms with Crippen LogP contribution in [0.15, 0.2) is 48.5 Å². The molecule has 0 spiro atoms. The van der Waals surface area contributed by atoms with Gasteiger partial charge in [-0.2, -0.15) is 0 Å². The van der Waals surface area contributed by atoms with E-state index in [1.165, 1.54) is 4.90 Å². The number of para-hydroxylation sites is 2. The van der Waals surface area contributed by atoms with Crippen LogP contribution in [-0.2, 0) is 0 Å². The number of carbonyl (C=O) groups is 2. The van der Waals surface area contributed by atoms with Crippen molar-refractivity contribution in [2.24, 2.45) is 0 Å². The number of nitrogens with zero attached hydrogens (tertiary/aromatic N) is 1. The highest BCUT2D eigenvalue weighted by atomic mass is 16.2. The number of amides is 2. The first-order valence-corrected chi connectivity index (χ1v) is 7.10. The Labute approximate surface area is 125 Å². The highest BCUT2D eigenvalue weighted by Crippen LogP contribution is 2.42. The van der Waals surface area contributed by atoms with Crippen LogP contribution >= 0.6 is 0 Å². The van der Waals surface area contributed by atoms with Crippen LogP contribution in [-0.4, -0.2) is 21.7 Å². The van der Waals surface area contributed by atoms with Crippen molar-refractivity contribution >= 4 is 28.4 Å². The lowest BCUT2D eigenvalue weighted by Crippen LogP contribution is -2.42. The SMILES string of the molecule is O=C1c2ccccc2NC2c3[nH]c4ccccc4c3C(=O)N12. The van der Waals surface area contributed by atoms with Gasteiger partial charge in [0.05, 0.1) is 16.8 Å². The van der Waals surface area contributed by atoms with Gasteiger partial charge in [0.2, 0.25) is 0 Å². The third kappa shape index (κ3) is 1.24. The molecule has 1 unspecified atom stereocenters. The van der Waals surface area contributed by atoms with Crippen LogP contribution < -0.4 is 5.32 Å². The third-order valence-corrected chi connectivity index (χ3v) is 4.37. The van der Waals surface area contributed by atoms with E-state index < -0.39 is 6.17 Å². The Hall–Kier alpha value is -3.08. The van der Waals surface area contributed by atoms with Crippen molar-refractivity contribution in [3.63, 3.8) is 0 Å². The van der Waals surface area contributed by atoms with Crippen LogP contribution in [0.5, 0.6) is 0 Å². The van der Waals surface area contributed by atoms with Gasteiger partial charge in [0.15, 0.2) is 6.17 Å². The summed E-state index contributed by atoms with van der Waals surface area (Å²) in [7, 11) is 0. The molecule has 5 nitrogen and oxygen atoms in total. The van der Waals surface area contributed by atoms with E-state index in [1.54, 1.807) is 12.1 Å². The molecule has 2 N–H and O–H groups in total. The Bertz CT molecular complexity index is 973. The second kappa shape index (κ2) is 3.76. The zero-order chi connectivity index (χ0) is 14.8. The van der Waals surface area contributed by atoms with Gasteiger partial charge in [-0.05, 0) is 18.2 Å². The first kappa shape index (κ1) is 11.6. The monoisotopic (exact) mass is 289 g/mol. The molecular formula is C17H11N3O2. The van der Waals surface area contributed by atoms with Crippen LogP contribution in [0.4, 0.5) is 5.69 Å². The van der Waals surface area contributed by atoms with Crippen LogP contribution in [0, 0.1) is 0 Å². The number of fused-ring (bicyclic) bond motifs is 6. The molecule has 2 aliphatic rings. The molecule has 0 bridgehead atoms. The number of aromatic amines is 1. The topological polar surface area (TPSA) is 65.2 Å². The quantitative estimate of drug-likeness (QED) is 0.625. The van der Waals surface area contributed by atoms with Crippen LogP contribution in [0.25, 0.3) is 10.9 Å². The molecule has 22 heavy (non-hydrogen) atoms. The standard InChI is InChI=1S/C17H11N3O2/c21-16-10-6-2-4-8-12(10)19-15-14-13(17(22)20(15)16)9-5-1-3-7-11(9)18-14/h1-8,15,18-19H. The van der Waals surface area contributed by atoms with Crippen molar-refractivity contribution in [3.05, 3.63) is 65.4 Å². The normalized spacial score (nSPS) is 18.9. The smallest absolute Gasteiger partial charge is 0.265 e. The predicted octanol–water partition coefficient (Wildman–Crippen LogP) is 2.89. The Morgan fingerprint density at radius 1 is 0.909 bits per heavy atom. The molecule has 2 amide bonds. The van der Waals surface area contributed by atoms with E-state index in [0.29, 0.717) is 11.1 Å². The van der Waals surface area contributed by atoms with Crippen molar-refractivity contribution in [1.29, 1.82) is 0 Å². The maximum absolute atomic E-state index is 12.8. The summed E-state index contributed by atoms with van der Waals surface area (Å²) in [5.74, 6) is -0.498. The van der Waals surface area contributed by atoms with E-state index in [9.17, 15) is 9.59 Å². The number of benzene rings is 2. The van der Waals surface area contributed by atoms with Crippen molar-refractivity contribution in [3.8, 4) is 0 Å². The highest BCUT2D eigenvalue weighted by Gasteiger charge is 2.46. The summed E-state index contributed by atoms with van der Waals surface area (Å²) in [6.45, 7) is 0. The van der Waals surface area contributed by atoms with E-state index >= 15 is 0 Å². The average Bonchev–Trinajstić information content (AvgIpc) is 3.05. The number of hydrogen-bond acceptors (Lipinski definition) is 3. The molecule has 0 saturated carbocycles. The molecule has 2 aliphatic heterocycles. The van der Waals surface area contributed by atoms with E-state index in [1.807, 2.05) is 36.4 Å². The molecule has 2 aromatic carbocycles. The molecule has 5 rings (SSSR count). The van der Waals surface area contributed by atoms with Gasteiger partial charge in [-0.25, -0.2) is 4.90 Å². The minimum absolute atomic E-state index is 0.246. The van der Waals surface area contributed by atoms with Crippen molar-refractivity contribution < 1.29 is 9.59 Å².